The van der Waals surface area contributed by atoms with Gasteiger partial charge < -0.3 is 9.47 Å². The van der Waals surface area contributed by atoms with Crippen molar-refractivity contribution in [1.82, 2.24) is 14.5 Å². The maximum absolute atomic E-state index is 5.05. The Morgan fingerprint density at radius 3 is 1.44 bits per heavy atom. The molecule has 0 saturated carbocycles. The van der Waals surface area contributed by atoms with E-state index in [1.165, 1.54) is 55.2 Å². The minimum atomic E-state index is 0.718. The number of benzene rings is 9. The van der Waals surface area contributed by atoms with Gasteiger partial charge in [-0.2, -0.15) is 0 Å². The molecular weight excluding hydrogens is 777 g/mol. The van der Waals surface area contributed by atoms with E-state index in [1.807, 2.05) is 36.4 Å². The summed E-state index contributed by atoms with van der Waals surface area (Å²) in [6.45, 7) is 4.44. The number of aromatic nitrogens is 3. The fourth-order valence-corrected chi connectivity index (χ4v) is 9.24. The van der Waals surface area contributed by atoms with E-state index in [1.54, 1.807) is 0 Å². The average Bonchev–Trinajstić information content (AvgIpc) is 3.69. The second kappa shape index (κ2) is 16.5. The first kappa shape index (κ1) is 38.6. The maximum atomic E-state index is 5.05. The molecule has 11 aromatic rings. The summed E-state index contributed by atoms with van der Waals surface area (Å²) in [5.74, 6) is 0.718. The van der Waals surface area contributed by atoms with Gasteiger partial charge in [-0.3, -0.25) is 0 Å². The third kappa shape index (κ3) is 7.21. The molecule has 0 fully saturated rings. The van der Waals surface area contributed by atoms with Gasteiger partial charge in [0.2, 0.25) is 0 Å². The van der Waals surface area contributed by atoms with Crippen LogP contribution in [-0.2, 0) is 0 Å². The number of rotatable bonds is 9. The number of hydrogen-bond donors (Lipinski definition) is 0. The van der Waals surface area contributed by atoms with E-state index in [4.69, 9.17) is 9.97 Å². The first-order chi connectivity index (χ1) is 31.6. The summed E-state index contributed by atoms with van der Waals surface area (Å²) in [4.78, 5) is 12.4. The molecule has 0 unspecified atom stereocenters. The number of fused-ring (bicyclic) bond motifs is 3. The van der Waals surface area contributed by atoms with Crippen LogP contribution < -0.4 is 4.90 Å². The average molecular weight is 821 g/mol. The number of aryl methyl sites for hydroxylation is 2. The van der Waals surface area contributed by atoms with E-state index in [0.717, 1.165) is 56.7 Å². The first-order valence-corrected chi connectivity index (χ1v) is 21.8. The van der Waals surface area contributed by atoms with Gasteiger partial charge in [-0.05, 0) is 114 Å². The zero-order valence-corrected chi connectivity index (χ0v) is 35.7. The highest BCUT2D eigenvalue weighted by atomic mass is 15.1. The van der Waals surface area contributed by atoms with Crippen LogP contribution in [0.2, 0.25) is 0 Å². The normalized spacial score (nSPS) is 11.3. The maximum Gasteiger partial charge on any atom is 0.160 e. The van der Waals surface area contributed by atoms with Crippen LogP contribution in [0, 0.1) is 13.8 Å². The van der Waals surface area contributed by atoms with Gasteiger partial charge in [0.1, 0.15) is 0 Å². The summed E-state index contributed by atoms with van der Waals surface area (Å²) >= 11 is 0. The van der Waals surface area contributed by atoms with Crippen molar-refractivity contribution in [2.24, 2.45) is 0 Å². The Kier molecular flexibility index (Phi) is 9.95. The second-order valence-electron chi connectivity index (χ2n) is 16.4. The van der Waals surface area contributed by atoms with E-state index in [0.29, 0.717) is 0 Å². The zero-order valence-electron chi connectivity index (χ0n) is 35.7. The Balaban J connectivity index is 0.902. The molecule has 0 atom stereocenters. The lowest BCUT2D eigenvalue weighted by atomic mass is 9.91. The van der Waals surface area contributed by atoms with E-state index < -0.39 is 0 Å². The highest BCUT2D eigenvalue weighted by Gasteiger charge is 2.18. The molecule has 0 aliphatic heterocycles. The highest BCUT2D eigenvalue weighted by Crippen LogP contribution is 2.40. The molecule has 0 bridgehead atoms. The van der Waals surface area contributed by atoms with Gasteiger partial charge in [-0.1, -0.05) is 164 Å². The monoisotopic (exact) mass is 820 g/mol. The molecule has 0 N–H and O–H groups in total. The molecule has 2 aromatic heterocycles. The van der Waals surface area contributed by atoms with Crippen LogP contribution >= 0.6 is 0 Å². The molecule has 11 rings (SSSR count). The number of hydrogen-bond acceptors (Lipinski definition) is 3. The molecule has 0 spiro atoms. The predicted molar refractivity (Wildman–Crippen MR) is 268 cm³/mol. The number of anilines is 3. The van der Waals surface area contributed by atoms with Gasteiger partial charge in [0, 0.05) is 50.2 Å². The first-order valence-electron chi connectivity index (χ1n) is 21.8. The third-order valence-electron chi connectivity index (χ3n) is 12.2. The number of para-hydroxylation sites is 3. The standard InChI is InChI=1S/C60H44N4/c1-41-37-48(38-42(2)59(41)46-29-27-45(28-30-46)56-40-55(44-17-7-3-8-18-44)61-60(62-56)47-19-9-4-10-20-47)43-31-33-51(34-32-43)64-57-26-16-15-25-53(57)54-39-52(35-36-58(54)64)63(49-21-11-5-12-22-49)50-23-13-6-14-24-50/h3-40H,1-2H3. The summed E-state index contributed by atoms with van der Waals surface area (Å²) < 4.78 is 2.39. The van der Waals surface area contributed by atoms with Gasteiger partial charge in [-0.15, -0.1) is 0 Å². The fourth-order valence-electron chi connectivity index (χ4n) is 9.24. The largest absolute Gasteiger partial charge is 0.310 e. The molecule has 0 radical (unpaired) electrons. The third-order valence-corrected chi connectivity index (χ3v) is 12.2. The van der Waals surface area contributed by atoms with Crippen molar-refractivity contribution in [2.45, 2.75) is 13.8 Å². The quantitative estimate of drug-likeness (QED) is 0.145. The molecule has 9 aromatic carbocycles. The van der Waals surface area contributed by atoms with Crippen molar-refractivity contribution in [3.63, 3.8) is 0 Å². The molecular formula is C60H44N4. The molecule has 304 valence electrons. The molecule has 0 aliphatic carbocycles. The molecule has 0 saturated heterocycles. The van der Waals surface area contributed by atoms with Gasteiger partial charge >= 0.3 is 0 Å². The summed E-state index contributed by atoms with van der Waals surface area (Å²) in [5, 5.41) is 2.44. The van der Waals surface area contributed by atoms with Crippen LogP contribution in [0.15, 0.2) is 231 Å². The molecule has 2 heterocycles. The lowest BCUT2D eigenvalue weighted by Gasteiger charge is -2.25. The molecule has 64 heavy (non-hydrogen) atoms. The van der Waals surface area contributed by atoms with Crippen molar-refractivity contribution in [3.05, 3.63) is 242 Å². The second-order valence-corrected chi connectivity index (χ2v) is 16.4. The fraction of sp³-hybridized carbons (Fsp3) is 0.0333. The summed E-state index contributed by atoms with van der Waals surface area (Å²) in [5.41, 5.74) is 19.1. The van der Waals surface area contributed by atoms with Crippen LogP contribution in [0.4, 0.5) is 17.1 Å². The Labute approximate surface area is 374 Å². The summed E-state index contributed by atoms with van der Waals surface area (Å²) in [6.07, 6.45) is 0. The van der Waals surface area contributed by atoms with Crippen molar-refractivity contribution >= 4 is 38.9 Å². The predicted octanol–water partition coefficient (Wildman–Crippen LogP) is 16.0. The van der Waals surface area contributed by atoms with Crippen LogP contribution in [0.3, 0.4) is 0 Å². The SMILES string of the molecule is Cc1cc(-c2ccc(-n3c4ccccc4c4cc(N(c5ccccc5)c5ccccc5)ccc43)cc2)cc(C)c1-c1ccc(-c2cc(-c3ccccc3)nc(-c3ccccc3)n2)cc1. The molecule has 4 heteroatoms. The van der Waals surface area contributed by atoms with Crippen molar-refractivity contribution < 1.29 is 0 Å². The van der Waals surface area contributed by atoms with Crippen LogP contribution in [0.1, 0.15) is 11.1 Å². The van der Waals surface area contributed by atoms with Crippen LogP contribution in [0.5, 0.6) is 0 Å². The van der Waals surface area contributed by atoms with E-state index in [9.17, 15) is 0 Å². The van der Waals surface area contributed by atoms with Crippen LogP contribution in [-0.4, -0.2) is 14.5 Å². The lowest BCUT2D eigenvalue weighted by molar-refractivity contribution is 1.18. The molecule has 4 nitrogen and oxygen atoms in total. The Bertz CT molecular complexity index is 3290. The minimum Gasteiger partial charge on any atom is -0.310 e. The van der Waals surface area contributed by atoms with Crippen molar-refractivity contribution in [1.29, 1.82) is 0 Å². The van der Waals surface area contributed by atoms with Crippen molar-refractivity contribution in [2.75, 3.05) is 4.90 Å². The Hall–Kier alpha value is -8.34. The Morgan fingerprint density at radius 1 is 0.344 bits per heavy atom. The molecule has 0 aliphatic rings. The van der Waals surface area contributed by atoms with E-state index >= 15 is 0 Å². The Morgan fingerprint density at radius 2 is 0.828 bits per heavy atom. The van der Waals surface area contributed by atoms with E-state index in [2.05, 4.69) is 217 Å². The van der Waals surface area contributed by atoms with Crippen LogP contribution in [0.25, 0.3) is 83.6 Å². The molecule has 0 amide bonds. The highest BCUT2D eigenvalue weighted by molar-refractivity contribution is 6.10. The van der Waals surface area contributed by atoms with Gasteiger partial charge in [0.25, 0.3) is 0 Å². The number of nitrogens with zero attached hydrogens (tertiary/aromatic N) is 4. The minimum absolute atomic E-state index is 0.718. The van der Waals surface area contributed by atoms with Gasteiger partial charge in [-0.25, -0.2) is 9.97 Å². The topological polar surface area (TPSA) is 34.0 Å². The van der Waals surface area contributed by atoms with Crippen molar-refractivity contribution in [3.8, 4) is 61.8 Å². The smallest absolute Gasteiger partial charge is 0.160 e. The van der Waals surface area contributed by atoms with Gasteiger partial charge in [0.05, 0.1) is 22.4 Å². The summed E-state index contributed by atoms with van der Waals surface area (Å²) in [6, 6.07) is 81.9. The van der Waals surface area contributed by atoms with E-state index in [-0.39, 0.29) is 0 Å². The van der Waals surface area contributed by atoms with Gasteiger partial charge in [0.15, 0.2) is 5.82 Å². The lowest BCUT2D eigenvalue weighted by Crippen LogP contribution is -2.09. The zero-order chi connectivity index (χ0) is 43.0. The summed E-state index contributed by atoms with van der Waals surface area (Å²) in [7, 11) is 0.